The Bertz CT molecular complexity index is 275. The molecule has 0 bridgehead atoms. The zero-order valence-corrected chi connectivity index (χ0v) is 9.37. The maximum Gasteiger partial charge on any atom is 0.157 e. The fraction of sp³-hybridized carbons (Fsp3) is 0.143. The quantitative estimate of drug-likeness (QED) is 0.569. The monoisotopic (exact) mass is 302 g/mol. The van der Waals surface area contributed by atoms with E-state index in [0.717, 1.165) is 3.57 Å². The van der Waals surface area contributed by atoms with Crippen LogP contribution in [0.3, 0.4) is 0 Å². The third-order valence-corrected chi connectivity index (χ3v) is 3.10. The highest BCUT2D eigenvalue weighted by atomic mass is 127. The van der Waals surface area contributed by atoms with Gasteiger partial charge in [0.15, 0.2) is 5.75 Å². The molecule has 0 heterocycles. The van der Waals surface area contributed by atoms with Crippen molar-refractivity contribution in [3.8, 4) is 5.75 Å². The molecule has 4 heteroatoms. The number of hydrogen-bond donors (Lipinski definition) is 0. The Hall–Kier alpha value is 0.330. The van der Waals surface area contributed by atoms with Crippen molar-refractivity contribution in [1.82, 2.24) is 0 Å². The lowest BCUT2D eigenvalue weighted by Crippen LogP contribution is -1.86. The average Bonchev–Trinajstić information content (AvgIpc) is 1.99. The van der Waals surface area contributed by atoms with E-state index < -0.39 is 0 Å². The van der Waals surface area contributed by atoms with E-state index in [-0.39, 0.29) is 0 Å². The van der Waals surface area contributed by atoms with Gasteiger partial charge in [0.05, 0.1) is 17.2 Å². The van der Waals surface area contributed by atoms with Gasteiger partial charge < -0.3 is 4.74 Å². The van der Waals surface area contributed by atoms with Gasteiger partial charge in [-0.3, -0.25) is 0 Å². The number of methoxy groups -OCH3 is 1. The highest BCUT2D eigenvalue weighted by Crippen LogP contribution is 2.35. The number of rotatable bonds is 1. The van der Waals surface area contributed by atoms with Crippen LogP contribution in [-0.4, -0.2) is 7.11 Å². The minimum absolute atomic E-state index is 0.540. The van der Waals surface area contributed by atoms with Crippen LogP contribution in [0.5, 0.6) is 5.75 Å². The van der Waals surface area contributed by atoms with Crippen molar-refractivity contribution in [1.29, 1.82) is 0 Å². The highest BCUT2D eigenvalue weighted by Gasteiger charge is 2.08. The van der Waals surface area contributed by atoms with Gasteiger partial charge in [-0.05, 0) is 34.7 Å². The number of ether oxygens (including phenoxy) is 1. The summed E-state index contributed by atoms with van der Waals surface area (Å²) in [6.45, 7) is 0. The molecule has 60 valence electrons. The van der Waals surface area contributed by atoms with Crippen LogP contribution < -0.4 is 4.74 Å². The third kappa shape index (κ3) is 1.92. The van der Waals surface area contributed by atoms with Crippen molar-refractivity contribution in [2.75, 3.05) is 7.11 Å². The fourth-order valence-corrected chi connectivity index (χ4v) is 1.65. The molecule has 0 aliphatic rings. The van der Waals surface area contributed by atoms with E-state index in [9.17, 15) is 0 Å². The predicted octanol–water partition coefficient (Wildman–Crippen LogP) is 3.61. The molecule has 0 saturated carbocycles. The van der Waals surface area contributed by atoms with Crippen molar-refractivity contribution < 1.29 is 4.74 Å². The minimum Gasteiger partial charge on any atom is -0.494 e. The van der Waals surface area contributed by atoms with Crippen LogP contribution in [0, 0.1) is 3.57 Å². The Labute approximate surface area is 88.8 Å². The van der Waals surface area contributed by atoms with Gasteiger partial charge in [0.2, 0.25) is 0 Å². The van der Waals surface area contributed by atoms with Crippen LogP contribution in [-0.2, 0) is 0 Å². The van der Waals surface area contributed by atoms with Crippen LogP contribution in [0.15, 0.2) is 12.1 Å². The van der Waals surface area contributed by atoms with E-state index in [4.69, 9.17) is 27.9 Å². The smallest absolute Gasteiger partial charge is 0.157 e. The van der Waals surface area contributed by atoms with E-state index >= 15 is 0 Å². The molecule has 0 aliphatic carbocycles. The zero-order valence-electron chi connectivity index (χ0n) is 5.70. The summed E-state index contributed by atoms with van der Waals surface area (Å²) in [5, 5.41) is 1.11. The molecule has 0 N–H and O–H groups in total. The van der Waals surface area contributed by atoms with Crippen molar-refractivity contribution in [2.45, 2.75) is 0 Å². The molecule has 0 atom stereocenters. The van der Waals surface area contributed by atoms with Crippen molar-refractivity contribution in [3.05, 3.63) is 25.7 Å². The molecule has 1 nitrogen and oxygen atoms in total. The van der Waals surface area contributed by atoms with Gasteiger partial charge in [0.25, 0.3) is 0 Å². The third-order valence-electron chi connectivity index (χ3n) is 1.21. The second kappa shape index (κ2) is 3.83. The lowest BCUT2D eigenvalue weighted by Gasteiger charge is -2.05. The van der Waals surface area contributed by atoms with Crippen molar-refractivity contribution in [2.24, 2.45) is 0 Å². The Balaban J connectivity index is 3.29. The van der Waals surface area contributed by atoms with Gasteiger partial charge in [0.1, 0.15) is 0 Å². The van der Waals surface area contributed by atoms with E-state index in [0.29, 0.717) is 15.8 Å². The molecule has 0 saturated heterocycles. The number of halogens is 3. The first kappa shape index (κ1) is 9.42. The maximum absolute atomic E-state index is 5.88. The molecule has 0 unspecified atom stereocenters. The molecule has 0 aromatic heterocycles. The van der Waals surface area contributed by atoms with E-state index in [1.807, 2.05) is 6.07 Å². The zero-order chi connectivity index (χ0) is 8.43. The summed E-state index contributed by atoms with van der Waals surface area (Å²) in [5.41, 5.74) is 0. The van der Waals surface area contributed by atoms with E-state index in [2.05, 4.69) is 22.6 Å². The summed E-state index contributed by atoms with van der Waals surface area (Å²) in [4.78, 5) is 0. The Morgan fingerprint density at radius 3 is 2.45 bits per heavy atom. The standard InChI is InChI=1S/C7H5Cl2IO/c1-11-7-4(8)2-3-5(10)6(7)9/h2-3H,1H3. The lowest BCUT2D eigenvalue weighted by atomic mass is 10.3. The lowest BCUT2D eigenvalue weighted by molar-refractivity contribution is 0.415. The molecule has 0 amide bonds. The topological polar surface area (TPSA) is 9.23 Å². The molecule has 0 spiro atoms. The molecular formula is C7H5Cl2IO. The van der Waals surface area contributed by atoms with Gasteiger partial charge in [-0.2, -0.15) is 0 Å². The SMILES string of the molecule is COc1c(Cl)ccc(I)c1Cl. The summed E-state index contributed by atoms with van der Waals surface area (Å²) >= 11 is 13.8. The van der Waals surface area contributed by atoms with Crippen molar-refractivity contribution in [3.63, 3.8) is 0 Å². The molecule has 0 aliphatic heterocycles. The predicted molar refractivity (Wildman–Crippen MR) is 55.7 cm³/mol. The molecule has 11 heavy (non-hydrogen) atoms. The normalized spacial score (nSPS) is 9.82. The average molecular weight is 303 g/mol. The van der Waals surface area contributed by atoms with Gasteiger partial charge in [-0.15, -0.1) is 0 Å². The summed E-state index contributed by atoms with van der Waals surface area (Å²) in [6.07, 6.45) is 0. The Kier molecular flexibility index (Phi) is 3.28. The molecule has 1 aromatic rings. The van der Waals surface area contributed by atoms with Gasteiger partial charge in [-0.25, -0.2) is 0 Å². The maximum atomic E-state index is 5.88. The first-order valence-electron chi connectivity index (χ1n) is 2.84. The Morgan fingerprint density at radius 1 is 1.36 bits per heavy atom. The molecule has 1 rings (SSSR count). The van der Waals surface area contributed by atoms with Crippen LogP contribution in [0.25, 0.3) is 0 Å². The fourth-order valence-electron chi connectivity index (χ4n) is 0.696. The van der Waals surface area contributed by atoms with Crippen LogP contribution in [0.1, 0.15) is 0 Å². The first-order chi connectivity index (χ1) is 5.16. The minimum atomic E-state index is 0.540. The van der Waals surface area contributed by atoms with Crippen LogP contribution in [0.2, 0.25) is 10.0 Å². The number of hydrogen-bond acceptors (Lipinski definition) is 1. The van der Waals surface area contributed by atoms with Crippen molar-refractivity contribution >= 4 is 45.8 Å². The molecule has 1 aromatic carbocycles. The van der Waals surface area contributed by atoms with Gasteiger partial charge in [-0.1, -0.05) is 23.2 Å². The Morgan fingerprint density at radius 2 is 2.00 bits per heavy atom. The molecule has 0 radical (unpaired) electrons. The summed E-state index contributed by atoms with van der Waals surface area (Å²) < 4.78 is 5.92. The second-order valence-corrected chi connectivity index (χ2v) is 3.82. The van der Waals surface area contributed by atoms with Crippen LogP contribution >= 0.6 is 45.8 Å². The molecular weight excluding hydrogens is 298 g/mol. The summed E-state index contributed by atoms with van der Waals surface area (Å²) in [5.74, 6) is 0.542. The van der Waals surface area contributed by atoms with Gasteiger partial charge >= 0.3 is 0 Å². The van der Waals surface area contributed by atoms with E-state index in [1.165, 1.54) is 0 Å². The molecule has 0 fully saturated rings. The summed E-state index contributed by atoms with van der Waals surface area (Å²) in [7, 11) is 1.54. The van der Waals surface area contributed by atoms with E-state index in [1.54, 1.807) is 13.2 Å². The number of benzene rings is 1. The summed E-state index contributed by atoms with van der Waals surface area (Å²) in [6, 6.07) is 3.60. The first-order valence-corrected chi connectivity index (χ1v) is 4.67. The second-order valence-electron chi connectivity index (χ2n) is 1.88. The van der Waals surface area contributed by atoms with Gasteiger partial charge in [0, 0.05) is 3.57 Å². The van der Waals surface area contributed by atoms with Crippen LogP contribution in [0.4, 0.5) is 0 Å². The largest absolute Gasteiger partial charge is 0.494 e. The highest BCUT2D eigenvalue weighted by molar-refractivity contribution is 14.1.